The fourth-order valence-corrected chi connectivity index (χ4v) is 3.42. The lowest BCUT2D eigenvalue weighted by molar-refractivity contribution is -0.121. The SMILES string of the molecule is NC(=O)[C@H]1CCCN1C(=O)NC1CCN(Cc2ccco2)CC1. The normalized spacial score (nSPS) is 23.1. The second-order valence-electron chi connectivity index (χ2n) is 6.33. The molecule has 0 unspecified atom stereocenters. The van der Waals surface area contributed by atoms with Crippen molar-refractivity contribution < 1.29 is 14.0 Å². The molecule has 3 rings (SSSR count). The fourth-order valence-electron chi connectivity index (χ4n) is 3.42. The molecule has 2 saturated heterocycles. The Labute approximate surface area is 135 Å². The molecule has 126 valence electrons. The molecule has 1 atom stereocenters. The zero-order valence-corrected chi connectivity index (χ0v) is 13.2. The lowest BCUT2D eigenvalue weighted by atomic mass is 10.1. The van der Waals surface area contributed by atoms with Crippen LogP contribution in [0.25, 0.3) is 0 Å². The lowest BCUT2D eigenvalue weighted by Gasteiger charge is -2.33. The highest BCUT2D eigenvalue weighted by atomic mass is 16.3. The molecule has 23 heavy (non-hydrogen) atoms. The second-order valence-corrected chi connectivity index (χ2v) is 6.33. The molecular weight excluding hydrogens is 296 g/mol. The minimum atomic E-state index is -0.450. The number of hydrogen-bond acceptors (Lipinski definition) is 4. The van der Waals surface area contributed by atoms with Crippen LogP contribution in [0.1, 0.15) is 31.4 Å². The van der Waals surface area contributed by atoms with Gasteiger partial charge in [-0.3, -0.25) is 9.69 Å². The molecule has 0 bridgehead atoms. The van der Waals surface area contributed by atoms with Crippen molar-refractivity contribution in [1.82, 2.24) is 15.1 Å². The van der Waals surface area contributed by atoms with Gasteiger partial charge in [-0.15, -0.1) is 0 Å². The molecule has 3 amide bonds. The Kier molecular flexibility index (Phi) is 4.85. The van der Waals surface area contributed by atoms with Gasteiger partial charge in [0.05, 0.1) is 12.8 Å². The van der Waals surface area contributed by atoms with Gasteiger partial charge in [-0.25, -0.2) is 4.79 Å². The molecule has 0 aromatic carbocycles. The third-order valence-corrected chi connectivity index (χ3v) is 4.72. The largest absolute Gasteiger partial charge is 0.468 e. The third kappa shape index (κ3) is 3.85. The van der Waals surface area contributed by atoms with E-state index in [2.05, 4.69) is 10.2 Å². The number of nitrogens with zero attached hydrogens (tertiary/aromatic N) is 2. The fraction of sp³-hybridized carbons (Fsp3) is 0.625. The average Bonchev–Trinajstić information content (AvgIpc) is 3.20. The lowest BCUT2D eigenvalue weighted by Crippen LogP contribution is -2.52. The molecule has 2 aliphatic rings. The van der Waals surface area contributed by atoms with Crippen LogP contribution in [0.5, 0.6) is 0 Å². The van der Waals surface area contributed by atoms with E-state index in [1.807, 2.05) is 12.1 Å². The first-order valence-electron chi connectivity index (χ1n) is 8.24. The number of likely N-dealkylation sites (tertiary alicyclic amines) is 2. The van der Waals surface area contributed by atoms with Crippen LogP contribution in [0.2, 0.25) is 0 Å². The van der Waals surface area contributed by atoms with E-state index in [9.17, 15) is 9.59 Å². The topological polar surface area (TPSA) is 91.8 Å². The van der Waals surface area contributed by atoms with Gasteiger partial charge in [0.1, 0.15) is 11.8 Å². The maximum Gasteiger partial charge on any atom is 0.318 e. The van der Waals surface area contributed by atoms with Gasteiger partial charge in [0.2, 0.25) is 5.91 Å². The summed E-state index contributed by atoms with van der Waals surface area (Å²) in [6.45, 7) is 3.26. The van der Waals surface area contributed by atoms with Gasteiger partial charge in [-0.05, 0) is 37.8 Å². The minimum absolute atomic E-state index is 0.157. The minimum Gasteiger partial charge on any atom is -0.468 e. The quantitative estimate of drug-likeness (QED) is 0.862. The maximum absolute atomic E-state index is 12.3. The number of hydrogen-bond donors (Lipinski definition) is 2. The number of furan rings is 1. The summed E-state index contributed by atoms with van der Waals surface area (Å²) in [6.07, 6.45) is 5.00. The number of carbonyl (C=O) groups is 2. The first-order valence-corrected chi connectivity index (χ1v) is 8.24. The zero-order valence-electron chi connectivity index (χ0n) is 13.2. The summed E-state index contributed by atoms with van der Waals surface area (Å²) in [4.78, 5) is 27.6. The number of amides is 3. The van der Waals surface area contributed by atoms with Gasteiger partial charge in [0.25, 0.3) is 0 Å². The molecular formula is C16H24N4O3. The van der Waals surface area contributed by atoms with E-state index in [0.29, 0.717) is 13.0 Å². The van der Waals surface area contributed by atoms with Gasteiger partial charge < -0.3 is 20.4 Å². The van der Waals surface area contributed by atoms with Crippen molar-refractivity contribution >= 4 is 11.9 Å². The van der Waals surface area contributed by atoms with Crippen LogP contribution in [0, 0.1) is 0 Å². The van der Waals surface area contributed by atoms with Crippen LogP contribution in [-0.2, 0) is 11.3 Å². The van der Waals surface area contributed by atoms with Crippen molar-refractivity contribution in [2.45, 2.75) is 44.3 Å². The average molecular weight is 320 g/mol. The van der Waals surface area contributed by atoms with Crippen molar-refractivity contribution in [3.05, 3.63) is 24.2 Å². The molecule has 0 radical (unpaired) electrons. The monoisotopic (exact) mass is 320 g/mol. The van der Waals surface area contributed by atoms with E-state index in [1.165, 1.54) is 0 Å². The van der Waals surface area contributed by atoms with E-state index in [0.717, 1.165) is 44.7 Å². The summed E-state index contributed by atoms with van der Waals surface area (Å²) in [6, 6.07) is 3.42. The summed E-state index contributed by atoms with van der Waals surface area (Å²) < 4.78 is 5.37. The van der Waals surface area contributed by atoms with Crippen LogP contribution in [0.4, 0.5) is 4.79 Å². The molecule has 7 heteroatoms. The first kappa shape index (κ1) is 15.9. The van der Waals surface area contributed by atoms with Crippen LogP contribution >= 0.6 is 0 Å². The summed E-state index contributed by atoms with van der Waals surface area (Å²) in [5, 5.41) is 3.05. The van der Waals surface area contributed by atoms with E-state index < -0.39 is 11.9 Å². The number of rotatable bonds is 4. The molecule has 1 aromatic rings. The summed E-state index contributed by atoms with van der Waals surface area (Å²) >= 11 is 0. The number of primary amides is 1. The highest BCUT2D eigenvalue weighted by Gasteiger charge is 2.33. The van der Waals surface area contributed by atoms with Crippen molar-refractivity contribution in [2.24, 2.45) is 5.73 Å². The van der Waals surface area contributed by atoms with Crippen molar-refractivity contribution in [2.75, 3.05) is 19.6 Å². The third-order valence-electron chi connectivity index (χ3n) is 4.72. The number of piperidine rings is 1. The molecule has 1 aromatic heterocycles. The number of carbonyl (C=O) groups excluding carboxylic acids is 2. The number of urea groups is 1. The number of nitrogens with two attached hydrogens (primary N) is 1. The Morgan fingerprint density at radius 1 is 1.26 bits per heavy atom. The molecule has 2 fully saturated rings. The van der Waals surface area contributed by atoms with Crippen LogP contribution < -0.4 is 11.1 Å². The summed E-state index contributed by atoms with van der Waals surface area (Å²) in [7, 11) is 0. The van der Waals surface area contributed by atoms with Crippen molar-refractivity contribution in [1.29, 1.82) is 0 Å². The Bertz CT molecular complexity index is 538. The highest BCUT2D eigenvalue weighted by Crippen LogP contribution is 2.19. The van der Waals surface area contributed by atoms with E-state index in [4.69, 9.17) is 10.2 Å². The molecule has 3 heterocycles. The van der Waals surface area contributed by atoms with Crippen LogP contribution in [0.3, 0.4) is 0 Å². The van der Waals surface area contributed by atoms with Crippen LogP contribution in [0.15, 0.2) is 22.8 Å². The highest BCUT2D eigenvalue weighted by molar-refractivity contribution is 5.86. The summed E-state index contributed by atoms with van der Waals surface area (Å²) in [5.41, 5.74) is 5.37. The second kappa shape index (κ2) is 7.04. The first-order chi connectivity index (χ1) is 11.1. The smallest absolute Gasteiger partial charge is 0.318 e. The standard InChI is InChI=1S/C16H24N4O3/c17-15(21)14-4-1-7-20(14)16(22)18-12-5-8-19(9-6-12)11-13-3-2-10-23-13/h2-3,10,12,14H,1,4-9,11H2,(H2,17,21)(H,18,22)/t14-/m1/s1. The van der Waals surface area contributed by atoms with Gasteiger partial charge in [0, 0.05) is 25.7 Å². The molecule has 3 N–H and O–H groups in total. The van der Waals surface area contributed by atoms with E-state index in [-0.39, 0.29) is 12.1 Å². The van der Waals surface area contributed by atoms with Gasteiger partial charge in [0.15, 0.2) is 0 Å². The van der Waals surface area contributed by atoms with Gasteiger partial charge >= 0.3 is 6.03 Å². The summed E-state index contributed by atoms with van der Waals surface area (Å²) in [5.74, 6) is 0.555. The van der Waals surface area contributed by atoms with Gasteiger partial charge in [-0.2, -0.15) is 0 Å². The Morgan fingerprint density at radius 3 is 2.70 bits per heavy atom. The molecule has 0 aliphatic carbocycles. The molecule has 0 spiro atoms. The predicted octanol–water partition coefficient (Wildman–Crippen LogP) is 0.903. The molecule has 0 saturated carbocycles. The van der Waals surface area contributed by atoms with Crippen molar-refractivity contribution in [3.8, 4) is 0 Å². The van der Waals surface area contributed by atoms with Crippen molar-refractivity contribution in [3.63, 3.8) is 0 Å². The maximum atomic E-state index is 12.3. The van der Waals surface area contributed by atoms with E-state index in [1.54, 1.807) is 11.2 Å². The van der Waals surface area contributed by atoms with Gasteiger partial charge in [-0.1, -0.05) is 0 Å². The molecule has 2 aliphatic heterocycles. The predicted molar refractivity (Wildman–Crippen MR) is 84.5 cm³/mol. The Morgan fingerprint density at radius 2 is 2.04 bits per heavy atom. The Hall–Kier alpha value is -2.02. The Balaban J connectivity index is 1.45. The van der Waals surface area contributed by atoms with Crippen LogP contribution in [-0.4, -0.2) is 53.5 Å². The number of nitrogens with one attached hydrogen (secondary N) is 1. The van der Waals surface area contributed by atoms with E-state index >= 15 is 0 Å². The zero-order chi connectivity index (χ0) is 16.2. The molecule has 7 nitrogen and oxygen atoms in total.